The number of nitrogens with zero attached hydrogens (tertiary/aromatic N) is 7. The van der Waals surface area contributed by atoms with Crippen molar-refractivity contribution < 1.29 is 18.3 Å². The predicted octanol–water partition coefficient (Wildman–Crippen LogP) is 9.16. The number of hydrogen-bond acceptors (Lipinski definition) is 7. The molecule has 10 nitrogen and oxygen atoms in total. The summed E-state index contributed by atoms with van der Waals surface area (Å²) in [5, 5.41) is 8.58. The average Bonchev–Trinajstić information content (AvgIpc) is 3.85. The Labute approximate surface area is 327 Å². The number of imidazole rings is 1. The molecule has 0 aliphatic carbocycles. The molecule has 3 aromatic heterocycles. The zero-order valence-corrected chi connectivity index (χ0v) is 34.5. The lowest BCUT2D eigenvalue weighted by atomic mass is 9.92. The molecule has 1 N–H and O–H groups in total. The number of hydrogen-bond donors (Lipinski definition) is 1. The van der Waals surface area contributed by atoms with Gasteiger partial charge in [-0.15, -0.1) is 6.58 Å². The lowest BCUT2D eigenvalue weighted by Crippen LogP contribution is -2.44. The first-order valence-electron chi connectivity index (χ1n) is 20.5. The van der Waals surface area contributed by atoms with E-state index in [4.69, 9.17) is 9.84 Å². The highest BCUT2D eigenvalue weighted by Crippen LogP contribution is 2.44. The van der Waals surface area contributed by atoms with E-state index in [1.54, 1.807) is 19.1 Å². The Balaban J connectivity index is 0.000000694. The fourth-order valence-electron chi connectivity index (χ4n) is 7.71. The van der Waals surface area contributed by atoms with Crippen LogP contribution in [-0.2, 0) is 28.9 Å². The second-order valence-electron chi connectivity index (χ2n) is 13.3. The number of aromatic nitrogens is 4. The van der Waals surface area contributed by atoms with Crippen LogP contribution in [0.1, 0.15) is 110 Å². The zero-order chi connectivity index (χ0) is 40.1. The molecule has 1 amide bonds. The van der Waals surface area contributed by atoms with E-state index in [2.05, 4.69) is 31.4 Å². The molecular weight excluding hydrogens is 699 g/mol. The molecule has 0 radical (unpaired) electrons. The number of ether oxygens (including phenoxy) is 1. The van der Waals surface area contributed by atoms with Crippen molar-refractivity contribution in [3.05, 3.63) is 71.7 Å². The van der Waals surface area contributed by atoms with E-state index in [-0.39, 0.29) is 17.5 Å². The standard InChI is InChI=1S/C34H40F2N8O2.C3H6.3C2H6/c1-22(45)41-11-5-29-28(21-41)34(39-44(29)25-6-15-46-16-7-25)42-10-2-3-24-17-26(27(33(35)36)19-30(24)42)23-4-12-43-31(18-23)38-20-32(43)40-13-8-37-9-14-40;1-3-2;3*1-2/h4,12,17-20,25,33,37H,2-3,5-11,13-16,21H2,1H3;3H,1H2,2H3;3*1-2H3. The highest BCUT2D eigenvalue weighted by molar-refractivity contribution is 5.79. The van der Waals surface area contributed by atoms with Crippen LogP contribution in [0.2, 0.25) is 0 Å². The van der Waals surface area contributed by atoms with Crippen LogP contribution in [0.25, 0.3) is 16.8 Å². The van der Waals surface area contributed by atoms with Gasteiger partial charge >= 0.3 is 0 Å². The van der Waals surface area contributed by atoms with Gasteiger partial charge in [0, 0.05) is 94.5 Å². The topological polar surface area (TPSA) is 83.2 Å². The normalized spacial score (nSPS) is 16.6. The summed E-state index contributed by atoms with van der Waals surface area (Å²) in [6.45, 7) is 25.7. The Bertz CT molecular complexity index is 1820. The predicted molar refractivity (Wildman–Crippen MR) is 222 cm³/mol. The molecule has 0 saturated carbocycles. The van der Waals surface area contributed by atoms with Crippen molar-refractivity contribution in [1.82, 2.24) is 29.4 Å². The number of benzene rings is 1. The van der Waals surface area contributed by atoms with Crippen LogP contribution >= 0.6 is 0 Å². The molecule has 0 bridgehead atoms. The minimum atomic E-state index is -2.65. The number of piperazine rings is 1. The van der Waals surface area contributed by atoms with Crippen LogP contribution in [0.5, 0.6) is 0 Å². The van der Waals surface area contributed by atoms with Gasteiger partial charge in [-0.1, -0.05) is 47.6 Å². The van der Waals surface area contributed by atoms with Crippen LogP contribution in [0.15, 0.2) is 49.3 Å². The second kappa shape index (κ2) is 21.1. The maximum absolute atomic E-state index is 14.9. The maximum Gasteiger partial charge on any atom is 0.264 e. The van der Waals surface area contributed by atoms with Gasteiger partial charge in [0.1, 0.15) is 11.5 Å². The number of anilines is 3. The summed E-state index contributed by atoms with van der Waals surface area (Å²) in [6, 6.07) is 7.72. The quantitative estimate of drug-likeness (QED) is 0.203. The second-order valence-corrected chi connectivity index (χ2v) is 13.3. The third-order valence-corrected chi connectivity index (χ3v) is 10.2. The van der Waals surface area contributed by atoms with Crippen LogP contribution < -0.4 is 15.1 Å². The van der Waals surface area contributed by atoms with Gasteiger partial charge in [-0.05, 0) is 73.6 Å². The Morgan fingerprint density at radius 1 is 1.00 bits per heavy atom. The molecule has 55 heavy (non-hydrogen) atoms. The number of nitrogens with one attached hydrogen (secondary N) is 1. The summed E-state index contributed by atoms with van der Waals surface area (Å²) >= 11 is 0. The Kier molecular flexibility index (Phi) is 16.7. The molecule has 0 atom stereocenters. The SMILES string of the molecule is C=CC.CC.CC.CC.CC(=O)N1CCc2c(c(N3CCCc4cc(-c5ccn6c(N7CCNCC7)cnc6c5)c(C(F)F)cc43)nn2C2CCOCC2)C1. The number of fused-ring (bicyclic) bond motifs is 3. The highest BCUT2D eigenvalue weighted by Gasteiger charge is 2.34. The first-order chi connectivity index (χ1) is 26.9. The van der Waals surface area contributed by atoms with E-state index >= 15 is 0 Å². The van der Waals surface area contributed by atoms with Gasteiger partial charge < -0.3 is 24.8 Å². The molecule has 7 heterocycles. The number of aryl methyl sites for hydroxylation is 1. The minimum Gasteiger partial charge on any atom is -0.381 e. The van der Waals surface area contributed by atoms with E-state index in [9.17, 15) is 13.6 Å². The Morgan fingerprint density at radius 2 is 1.69 bits per heavy atom. The van der Waals surface area contributed by atoms with Gasteiger partial charge in [-0.3, -0.25) is 13.9 Å². The van der Waals surface area contributed by atoms with Gasteiger partial charge in [0.25, 0.3) is 6.43 Å². The molecular formula is C43H64F2N8O2. The van der Waals surface area contributed by atoms with Crippen LogP contribution in [0.3, 0.4) is 0 Å². The largest absolute Gasteiger partial charge is 0.381 e. The van der Waals surface area contributed by atoms with Gasteiger partial charge in [-0.2, -0.15) is 5.10 Å². The number of allylic oxidation sites excluding steroid dienone is 1. The van der Waals surface area contributed by atoms with E-state index in [0.29, 0.717) is 38.4 Å². The van der Waals surface area contributed by atoms with Crippen molar-refractivity contribution in [2.24, 2.45) is 0 Å². The fraction of sp³-hybridized carbons (Fsp3) is 0.558. The van der Waals surface area contributed by atoms with Gasteiger partial charge in [0.05, 0.1) is 18.8 Å². The number of alkyl halides is 2. The average molecular weight is 763 g/mol. The van der Waals surface area contributed by atoms with E-state index in [0.717, 1.165) is 104 Å². The van der Waals surface area contributed by atoms with Crippen molar-refractivity contribution in [2.75, 3.05) is 62.3 Å². The van der Waals surface area contributed by atoms with Gasteiger partial charge in [-0.25, -0.2) is 13.8 Å². The number of pyridine rings is 1. The highest BCUT2D eigenvalue weighted by atomic mass is 19.3. The molecule has 2 saturated heterocycles. The summed E-state index contributed by atoms with van der Waals surface area (Å²) in [6.07, 6.45) is 7.09. The minimum absolute atomic E-state index is 0.00646. The van der Waals surface area contributed by atoms with Crippen molar-refractivity contribution in [2.45, 2.75) is 107 Å². The first kappa shape index (κ1) is 43.4. The van der Waals surface area contributed by atoms with Crippen molar-refractivity contribution in [3.63, 3.8) is 0 Å². The monoisotopic (exact) mass is 763 g/mol. The third kappa shape index (κ3) is 9.57. The maximum atomic E-state index is 14.9. The summed E-state index contributed by atoms with van der Waals surface area (Å²) in [7, 11) is 0. The summed E-state index contributed by atoms with van der Waals surface area (Å²) in [4.78, 5) is 23.4. The van der Waals surface area contributed by atoms with Gasteiger partial charge in [0.15, 0.2) is 5.82 Å². The Morgan fingerprint density at radius 3 is 2.35 bits per heavy atom. The summed E-state index contributed by atoms with van der Waals surface area (Å²) in [5.41, 5.74) is 6.04. The molecule has 0 spiro atoms. The van der Waals surface area contributed by atoms with Crippen molar-refractivity contribution in [3.8, 4) is 11.1 Å². The van der Waals surface area contributed by atoms with E-state index < -0.39 is 6.43 Å². The first-order valence-corrected chi connectivity index (χ1v) is 20.5. The lowest BCUT2D eigenvalue weighted by Gasteiger charge is -2.33. The van der Waals surface area contributed by atoms with Crippen LogP contribution in [0.4, 0.5) is 26.1 Å². The van der Waals surface area contributed by atoms with E-state index in [1.807, 2.05) is 88.4 Å². The molecule has 302 valence electrons. The van der Waals surface area contributed by atoms with Crippen molar-refractivity contribution in [1.29, 1.82) is 0 Å². The molecule has 1 aromatic carbocycles. The molecule has 2 fully saturated rings. The zero-order valence-electron chi connectivity index (χ0n) is 34.5. The molecule has 12 heteroatoms. The molecule has 4 aromatic rings. The fourth-order valence-corrected chi connectivity index (χ4v) is 7.71. The van der Waals surface area contributed by atoms with Crippen molar-refractivity contribution >= 4 is 28.9 Å². The van der Waals surface area contributed by atoms with Crippen LogP contribution in [-0.4, -0.2) is 82.5 Å². The summed E-state index contributed by atoms with van der Waals surface area (Å²) in [5.74, 6) is 1.85. The van der Waals surface area contributed by atoms with E-state index in [1.165, 1.54) is 0 Å². The third-order valence-electron chi connectivity index (χ3n) is 10.2. The molecule has 4 aliphatic rings. The van der Waals surface area contributed by atoms with Crippen LogP contribution in [0, 0.1) is 0 Å². The lowest BCUT2D eigenvalue weighted by molar-refractivity contribution is -0.129. The number of carbonyl (C=O) groups is 1. The number of rotatable bonds is 5. The smallest absolute Gasteiger partial charge is 0.264 e. The number of amides is 1. The molecule has 0 unspecified atom stereocenters. The molecule has 4 aliphatic heterocycles. The van der Waals surface area contributed by atoms with Gasteiger partial charge in [0.2, 0.25) is 5.91 Å². The molecule has 8 rings (SSSR count). The number of halogens is 2. The number of carbonyl (C=O) groups excluding carboxylic acids is 1. The summed E-state index contributed by atoms with van der Waals surface area (Å²) < 4.78 is 39.7. The Hall–Kier alpha value is -4.29.